The zero-order valence-electron chi connectivity index (χ0n) is 15.7. The molecule has 3 fully saturated rings. The van der Waals surface area contributed by atoms with Gasteiger partial charge in [0, 0.05) is 26.2 Å². The zero-order chi connectivity index (χ0) is 17.5. The predicted molar refractivity (Wildman–Crippen MR) is 98.6 cm³/mol. The maximum absolute atomic E-state index is 11.9. The summed E-state index contributed by atoms with van der Waals surface area (Å²) >= 11 is 0. The molecular formula is C21H37NO2. The van der Waals surface area contributed by atoms with Gasteiger partial charge in [-0.1, -0.05) is 20.8 Å². The van der Waals surface area contributed by atoms with Gasteiger partial charge in [-0.3, -0.25) is 4.79 Å². The van der Waals surface area contributed by atoms with Crippen LogP contribution >= 0.6 is 0 Å². The summed E-state index contributed by atoms with van der Waals surface area (Å²) in [6.07, 6.45) is 10.3. The van der Waals surface area contributed by atoms with Gasteiger partial charge in [0.15, 0.2) is 0 Å². The van der Waals surface area contributed by atoms with E-state index in [1.54, 1.807) is 0 Å². The Labute approximate surface area is 148 Å². The minimum absolute atomic E-state index is 0. The van der Waals surface area contributed by atoms with E-state index in [2.05, 4.69) is 20.8 Å². The maximum atomic E-state index is 11.9. The van der Waals surface area contributed by atoms with Gasteiger partial charge in [0.1, 0.15) is 12.1 Å². The van der Waals surface area contributed by atoms with Crippen molar-refractivity contribution < 1.29 is 11.0 Å². The van der Waals surface area contributed by atoms with Gasteiger partial charge >= 0.3 is 0 Å². The number of hydrogen-bond acceptors (Lipinski definition) is 3. The lowest BCUT2D eigenvalue weighted by molar-refractivity contribution is -0.130. The summed E-state index contributed by atoms with van der Waals surface area (Å²) in [5, 5.41) is 0. The number of hydrogen-bond donors (Lipinski definition) is 1. The van der Waals surface area contributed by atoms with Crippen LogP contribution in [0.1, 0.15) is 80.0 Å². The lowest BCUT2D eigenvalue weighted by Crippen LogP contribution is -2.56. The number of fused-ring (bicyclic) bond motifs is 1. The van der Waals surface area contributed by atoms with Gasteiger partial charge < -0.3 is 10.5 Å². The number of ketones is 1. The molecule has 0 amide bonds. The molecule has 3 saturated carbocycles. The van der Waals surface area contributed by atoms with E-state index in [1.165, 1.54) is 25.5 Å². The van der Waals surface area contributed by atoms with Crippen LogP contribution in [0.3, 0.4) is 0 Å². The van der Waals surface area contributed by atoms with Crippen LogP contribution in [-0.2, 0) is 9.59 Å². The van der Waals surface area contributed by atoms with E-state index in [4.69, 9.17) is 5.73 Å². The molecule has 0 radical (unpaired) electrons. The van der Waals surface area contributed by atoms with Crippen LogP contribution in [0.15, 0.2) is 0 Å². The van der Waals surface area contributed by atoms with E-state index in [0.29, 0.717) is 36.4 Å². The van der Waals surface area contributed by atoms with Crippen LogP contribution in [0.25, 0.3) is 0 Å². The fourth-order valence-electron chi connectivity index (χ4n) is 7.32. The van der Waals surface area contributed by atoms with E-state index in [0.717, 1.165) is 25.7 Å². The second-order valence-electron chi connectivity index (χ2n) is 8.95. The third kappa shape index (κ3) is 2.41. The Morgan fingerprint density at radius 2 is 1.79 bits per heavy atom. The van der Waals surface area contributed by atoms with E-state index in [9.17, 15) is 9.59 Å². The Hall–Kier alpha value is -0.700. The first kappa shape index (κ1) is 18.1. The number of Topliss-reactive ketones (excluding diaryl/α,β-unsaturated/α-hetero) is 1. The quantitative estimate of drug-likeness (QED) is 0.776. The molecule has 3 aliphatic rings. The molecule has 24 heavy (non-hydrogen) atoms. The molecule has 0 saturated heterocycles. The maximum Gasteiger partial charge on any atom is 0.134 e. The van der Waals surface area contributed by atoms with Crippen molar-refractivity contribution in [2.45, 2.75) is 84.6 Å². The van der Waals surface area contributed by atoms with Gasteiger partial charge in [-0.05, 0) is 73.5 Å². The Morgan fingerprint density at radius 3 is 2.38 bits per heavy atom. The topological polar surface area (TPSA) is 60.2 Å². The summed E-state index contributed by atoms with van der Waals surface area (Å²) < 4.78 is 0. The molecule has 3 heteroatoms. The van der Waals surface area contributed by atoms with Crippen molar-refractivity contribution in [1.29, 1.82) is 0 Å². The molecule has 3 rings (SSSR count). The van der Waals surface area contributed by atoms with Crippen molar-refractivity contribution in [3.63, 3.8) is 0 Å². The van der Waals surface area contributed by atoms with Crippen LogP contribution in [0, 0.1) is 34.5 Å². The first-order chi connectivity index (χ1) is 11.4. The highest BCUT2D eigenvalue weighted by atomic mass is 16.1. The van der Waals surface area contributed by atoms with E-state index >= 15 is 0 Å². The van der Waals surface area contributed by atoms with Gasteiger partial charge in [-0.15, -0.1) is 0 Å². The van der Waals surface area contributed by atoms with Crippen molar-refractivity contribution in [3.8, 4) is 0 Å². The molecule has 0 aromatic carbocycles. The fourth-order valence-corrected chi connectivity index (χ4v) is 7.32. The van der Waals surface area contributed by atoms with E-state index < -0.39 is 0 Å². The van der Waals surface area contributed by atoms with E-state index in [-0.39, 0.29) is 24.2 Å². The number of carbonyl (C=O) groups excluding carboxylic acids is 2. The van der Waals surface area contributed by atoms with Gasteiger partial charge in [0.2, 0.25) is 0 Å². The number of nitrogens with two attached hydrogens (primary N) is 1. The summed E-state index contributed by atoms with van der Waals surface area (Å²) in [7, 11) is 0. The molecule has 0 spiro atoms. The van der Waals surface area contributed by atoms with Gasteiger partial charge in [0.05, 0.1) is 0 Å². The number of aldehydes is 1. The van der Waals surface area contributed by atoms with Crippen molar-refractivity contribution >= 4 is 12.1 Å². The fraction of sp³-hybridized carbons (Fsp3) is 0.905. The molecule has 0 aromatic heterocycles. The zero-order valence-corrected chi connectivity index (χ0v) is 15.7. The minimum atomic E-state index is 0. The SMILES string of the molecule is CC[C@]12CCC([C@@]3(CC)CCC(=O)C[C@@H]3N)C(C)C1CCC2C=O.[HH]. The van der Waals surface area contributed by atoms with Gasteiger partial charge in [-0.2, -0.15) is 0 Å². The molecule has 0 bridgehead atoms. The lowest BCUT2D eigenvalue weighted by Gasteiger charge is -2.57. The van der Waals surface area contributed by atoms with E-state index in [1.807, 2.05) is 0 Å². The van der Waals surface area contributed by atoms with Crippen molar-refractivity contribution in [2.75, 3.05) is 0 Å². The minimum Gasteiger partial charge on any atom is -0.327 e. The Balaban J connectivity index is 0.00000225. The monoisotopic (exact) mass is 335 g/mol. The predicted octanol–water partition coefficient (Wildman–Crippen LogP) is 4.38. The molecule has 3 nitrogen and oxygen atoms in total. The summed E-state index contributed by atoms with van der Waals surface area (Å²) in [4.78, 5) is 23.6. The summed E-state index contributed by atoms with van der Waals surface area (Å²) in [6.45, 7) is 6.97. The van der Waals surface area contributed by atoms with Crippen LogP contribution in [-0.4, -0.2) is 18.1 Å². The average molecular weight is 336 g/mol. The standard InChI is InChI=1S/C21H35NO2.H2/c1-4-20-11-9-18(14(3)17(20)7-6-15(20)13-23)21(5-2)10-8-16(24)12-19(21)22;/h13-15,17-19H,4-12,22H2,1-3H3;1H/t14?,15?,17?,18?,19-,20+,21+;/m0./s1. The average Bonchev–Trinajstić information content (AvgIpc) is 2.96. The molecule has 0 heterocycles. The molecule has 3 aliphatic carbocycles. The van der Waals surface area contributed by atoms with Gasteiger partial charge in [-0.25, -0.2) is 0 Å². The summed E-state index contributed by atoms with van der Waals surface area (Å²) in [6, 6.07) is 0.0218. The Morgan fingerprint density at radius 1 is 1.12 bits per heavy atom. The third-order valence-electron chi connectivity index (χ3n) is 8.73. The normalized spacial score (nSPS) is 49.0. The first-order valence-electron chi connectivity index (χ1n) is 10.2. The largest absolute Gasteiger partial charge is 0.327 e. The molecule has 138 valence electrons. The summed E-state index contributed by atoms with van der Waals surface area (Å²) in [5.74, 6) is 2.49. The molecule has 0 aromatic rings. The molecule has 0 aliphatic heterocycles. The number of carbonyl (C=O) groups is 2. The van der Waals surface area contributed by atoms with Crippen LogP contribution < -0.4 is 5.73 Å². The lowest BCUT2D eigenvalue weighted by atomic mass is 9.48. The molecule has 7 atom stereocenters. The van der Waals surface area contributed by atoms with Crippen molar-refractivity contribution in [3.05, 3.63) is 0 Å². The molecule has 4 unspecified atom stereocenters. The van der Waals surface area contributed by atoms with Crippen LogP contribution in [0.4, 0.5) is 0 Å². The van der Waals surface area contributed by atoms with Crippen molar-refractivity contribution in [1.82, 2.24) is 0 Å². The summed E-state index contributed by atoms with van der Waals surface area (Å²) in [5.41, 5.74) is 6.96. The number of rotatable bonds is 4. The van der Waals surface area contributed by atoms with Crippen molar-refractivity contribution in [2.24, 2.45) is 40.2 Å². The van der Waals surface area contributed by atoms with Crippen LogP contribution in [0.5, 0.6) is 0 Å². The Bertz CT molecular complexity index is 510. The third-order valence-corrected chi connectivity index (χ3v) is 8.73. The molecule has 2 N–H and O–H groups in total. The van der Waals surface area contributed by atoms with Gasteiger partial charge in [0.25, 0.3) is 0 Å². The highest BCUT2D eigenvalue weighted by molar-refractivity contribution is 5.80. The highest BCUT2D eigenvalue weighted by Gasteiger charge is 2.58. The second kappa shape index (κ2) is 6.55. The van der Waals surface area contributed by atoms with Crippen LogP contribution in [0.2, 0.25) is 0 Å². The smallest absolute Gasteiger partial charge is 0.134 e. The first-order valence-corrected chi connectivity index (χ1v) is 10.2. The Kier molecular flexibility index (Phi) is 4.94. The second-order valence-corrected chi connectivity index (χ2v) is 8.95. The highest BCUT2D eigenvalue weighted by Crippen LogP contribution is 2.64. The molecular weight excluding hydrogens is 298 g/mol.